The molecule has 0 atom stereocenters. The van der Waals surface area contributed by atoms with Crippen molar-refractivity contribution in [3.05, 3.63) is 75.5 Å². The fraction of sp³-hybridized carbons (Fsp3) is 0.0625. The number of anilines is 1. The van der Waals surface area contributed by atoms with Crippen LogP contribution in [0.4, 0.5) is 15.8 Å². The summed E-state index contributed by atoms with van der Waals surface area (Å²) in [4.78, 5) is 14.7. The van der Waals surface area contributed by atoms with Crippen molar-refractivity contribution in [2.45, 2.75) is 6.54 Å². The molecule has 2 aromatic carbocycles. The van der Waals surface area contributed by atoms with Crippen molar-refractivity contribution in [1.82, 2.24) is 4.98 Å². The van der Waals surface area contributed by atoms with E-state index in [1.165, 1.54) is 23.5 Å². The number of nitrogens with zero attached hydrogens (tertiary/aromatic N) is 2. The van der Waals surface area contributed by atoms with Crippen molar-refractivity contribution in [3.63, 3.8) is 0 Å². The maximum Gasteiger partial charge on any atom is 0.327 e. The van der Waals surface area contributed by atoms with Crippen LogP contribution in [-0.4, -0.2) is 9.91 Å². The van der Waals surface area contributed by atoms with Gasteiger partial charge in [-0.3, -0.25) is 10.1 Å². The average Bonchev–Trinajstić information content (AvgIpc) is 3.02. The highest BCUT2D eigenvalue weighted by atomic mass is 32.1. The second-order valence-electron chi connectivity index (χ2n) is 4.76. The number of benzene rings is 2. The maximum absolute atomic E-state index is 13.6. The molecule has 0 aliphatic rings. The molecule has 0 saturated heterocycles. The van der Waals surface area contributed by atoms with Gasteiger partial charge >= 0.3 is 5.69 Å². The number of aromatic nitrogens is 1. The first-order valence-corrected chi connectivity index (χ1v) is 7.69. The molecule has 0 fully saturated rings. The van der Waals surface area contributed by atoms with Gasteiger partial charge in [-0.1, -0.05) is 36.4 Å². The van der Waals surface area contributed by atoms with Crippen molar-refractivity contribution in [2.75, 3.05) is 5.32 Å². The molecule has 1 N–H and O–H groups in total. The summed E-state index contributed by atoms with van der Waals surface area (Å²) in [6.07, 6.45) is 0. The largest absolute Gasteiger partial charge is 0.374 e. The normalized spacial score (nSPS) is 10.5. The molecule has 1 heterocycles. The van der Waals surface area contributed by atoms with Crippen molar-refractivity contribution in [3.8, 4) is 10.6 Å². The molecule has 3 aromatic rings. The van der Waals surface area contributed by atoms with E-state index in [1.807, 2.05) is 35.7 Å². The molecule has 116 valence electrons. The highest BCUT2D eigenvalue weighted by molar-refractivity contribution is 7.13. The first-order chi connectivity index (χ1) is 11.1. The van der Waals surface area contributed by atoms with E-state index in [0.29, 0.717) is 0 Å². The lowest BCUT2D eigenvalue weighted by Gasteiger charge is -2.05. The fourth-order valence-corrected chi connectivity index (χ4v) is 2.96. The smallest absolute Gasteiger partial charge is 0.327 e. The van der Waals surface area contributed by atoms with Crippen LogP contribution in [0.1, 0.15) is 5.69 Å². The maximum atomic E-state index is 13.6. The Hall–Kier alpha value is -2.80. The zero-order chi connectivity index (χ0) is 16.2. The van der Waals surface area contributed by atoms with Crippen LogP contribution in [0.5, 0.6) is 0 Å². The Kier molecular flexibility index (Phi) is 4.29. The molecular formula is C16H12FN3O2S. The van der Waals surface area contributed by atoms with Crippen LogP contribution in [0.2, 0.25) is 0 Å². The zero-order valence-corrected chi connectivity index (χ0v) is 12.7. The number of nitrogens with one attached hydrogen (secondary N) is 1. The van der Waals surface area contributed by atoms with E-state index in [9.17, 15) is 14.5 Å². The first kappa shape index (κ1) is 15.1. The van der Waals surface area contributed by atoms with Crippen molar-refractivity contribution < 1.29 is 9.31 Å². The summed E-state index contributed by atoms with van der Waals surface area (Å²) in [6, 6.07) is 13.7. The predicted octanol–water partition coefficient (Wildman–Crippen LogP) is 4.47. The van der Waals surface area contributed by atoms with Crippen LogP contribution in [0.25, 0.3) is 10.6 Å². The van der Waals surface area contributed by atoms with Crippen LogP contribution in [0.3, 0.4) is 0 Å². The standard InChI is InChI=1S/C16H12FN3O2S/c17-13-7-4-8-14(15(13)20(21)22)18-9-12-10-23-16(19-12)11-5-2-1-3-6-11/h1-8,10,18H,9H2. The molecule has 0 aliphatic carbocycles. The molecule has 0 aliphatic heterocycles. The lowest BCUT2D eigenvalue weighted by atomic mass is 10.2. The van der Waals surface area contributed by atoms with Gasteiger partial charge in [0.2, 0.25) is 5.82 Å². The van der Waals surface area contributed by atoms with E-state index in [1.54, 1.807) is 0 Å². The quantitative estimate of drug-likeness (QED) is 0.554. The third-order valence-electron chi connectivity index (χ3n) is 3.20. The van der Waals surface area contributed by atoms with Gasteiger partial charge in [0.15, 0.2) is 0 Å². The van der Waals surface area contributed by atoms with Gasteiger partial charge in [-0.15, -0.1) is 11.3 Å². The average molecular weight is 329 g/mol. The summed E-state index contributed by atoms with van der Waals surface area (Å²) in [5.41, 5.74) is 1.35. The van der Waals surface area contributed by atoms with Gasteiger partial charge in [-0.05, 0) is 12.1 Å². The Balaban J connectivity index is 1.76. The summed E-state index contributed by atoms with van der Waals surface area (Å²) in [5.74, 6) is -0.858. The number of para-hydroxylation sites is 1. The molecule has 0 unspecified atom stereocenters. The first-order valence-electron chi connectivity index (χ1n) is 6.82. The summed E-state index contributed by atoms with van der Waals surface area (Å²) in [7, 11) is 0. The summed E-state index contributed by atoms with van der Waals surface area (Å²) in [5, 5.41) is 16.6. The number of hydrogen-bond acceptors (Lipinski definition) is 5. The van der Waals surface area contributed by atoms with Crippen LogP contribution < -0.4 is 5.32 Å². The van der Waals surface area contributed by atoms with Gasteiger partial charge in [0.25, 0.3) is 0 Å². The molecule has 0 radical (unpaired) electrons. The van der Waals surface area contributed by atoms with Gasteiger partial charge in [0.05, 0.1) is 17.2 Å². The van der Waals surface area contributed by atoms with E-state index in [0.717, 1.165) is 22.3 Å². The number of halogens is 1. The Labute approximate surface area is 135 Å². The zero-order valence-electron chi connectivity index (χ0n) is 11.9. The van der Waals surface area contributed by atoms with Gasteiger partial charge in [0.1, 0.15) is 10.7 Å². The van der Waals surface area contributed by atoms with E-state index in [4.69, 9.17) is 0 Å². The number of rotatable bonds is 5. The number of hydrogen-bond donors (Lipinski definition) is 1. The minimum atomic E-state index is -0.858. The van der Waals surface area contributed by atoms with E-state index >= 15 is 0 Å². The second kappa shape index (κ2) is 6.53. The lowest BCUT2D eigenvalue weighted by Crippen LogP contribution is -2.04. The minimum absolute atomic E-state index is 0.143. The molecule has 0 amide bonds. The Morgan fingerprint density at radius 1 is 1.17 bits per heavy atom. The van der Waals surface area contributed by atoms with Crippen LogP contribution >= 0.6 is 11.3 Å². The minimum Gasteiger partial charge on any atom is -0.374 e. The van der Waals surface area contributed by atoms with Crippen LogP contribution in [-0.2, 0) is 6.54 Å². The van der Waals surface area contributed by atoms with E-state index in [2.05, 4.69) is 10.3 Å². The third kappa shape index (κ3) is 3.35. The number of nitro benzene ring substituents is 1. The Morgan fingerprint density at radius 2 is 1.96 bits per heavy atom. The topological polar surface area (TPSA) is 68.1 Å². The molecule has 23 heavy (non-hydrogen) atoms. The van der Waals surface area contributed by atoms with Crippen LogP contribution in [0.15, 0.2) is 53.9 Å². The van der Waals surface area contributed by atoms with E-state index < -0.39 is 16.4 Å². The third-order valence-corrected chi connectivity index (χ3v) is 4.14. The highest BCUT2D eigenvalue weighted by Gasteiger charge is 2.19. The monoisotopic (exact) mass is 329 g/mol. The molecular weight excluding hydrogens is 317 g/mol. The molecule has 0 spiro atoms. The predicted molar refractivity (Wildman–Crippen MR) is 87.9 cm³/mol. The molecule has 3 rings (SSSR count). The summed E-state index contributed by atoms with van der Waals surface area (Å²) in [6.45, 7) is 0.285. The molecule has 7 heteroatoms. The van der Waals surface area contributed by atoms with Crippen molar-refractivity contribution >= 4 is 22.7 Å². The molecule has 5 nitrogen and oxygen atoms in total. The summed E-state index contributed by atoms with van der Waals surface area (Å²) >= 11 is 1.49. The lowest BCUT2D eigenvalue weighted by molar-refractivity contribution is -0.386. The van der Waals surface area contributed by atoms with Crippen molar-refractivity contribution in [2.24, 2.45) is 0 Å². The van der Waals surface area contributed by atoms with Crippen LogP contribution in [0, 0.1) is 15.9 Å². The second-order valence-corrected chi connectivity index (χ2v) is 5.61. The van der Waals surface area contributed by atoms with Gasteiger partial charge in [-0.25, -0.2) is 4.98 Å². The summed E-state index contributed by atoms with van der Waals surface area (Å²) < 4.78 is 13.6. The molecule has 1 aromatic heterocycles. The van der Waals surface area contributed by atoms with Gasteiger partial charge in [0, 0.05) is 10.9 Å². The van der Waals surface area contributed by atoms with Gasteiger partial charge < -0.3 is 5.32 Å². The molecule has 0 bridgehead atoms. The van der Waals surface area contributed by atoms with Gasteiger partial charge in [-0.2, -0.15) is 4.39 Å². The molecule has 0 saturated carbocycles. The number of thiazole rings is 1. The number of nitro groups is 1. The highest BCUT2D eigenvalue weighted by Crippen LogP contribution is 2.28. The van der Waals surface area contributed by atoms with Crippen molar-refractivity contribution in [1.29, 1.82) is 0 Å². The Bertz CT molecular complexity index is 836. The fourth-order valence-electron chi connectivity index (χ4n) is 2.13. The SMILES string of the molecule is O=[N+]([O-])c1c(F)cccc1NCc1csc(-c2ccccc2)n1. The van der Waals surface area contributed by atoms with E-state index in [-0.39, 0.29) is 12.2 Å². The Morgan fingerprint density at radius 3 is 2.70 bits per heavy atom.